The van der Waals surface area contributed by atoms with E-state index in [0.717, 1.165) is 33.9 Å². The molecule has 2 amide bonds. The van der Waals surface area contributed by atoms with Crippen LogP contribution >= 0.6 is 0 Å². The van der Waals surface area contributed by atoms with Gasteiger partial charge in [-0.1, -0.05) is 24.3 Å². The van der Waals surface area contributed by atoms with Crippen molar-refractivity contribution in [3.8, 4) is 0 Å². The van der Waals surface area contributed by atoms with Crippen molar-refractivity contribution in [3.63, 3.8) is 0 Å². The van der Waals surface area contributed by atoms with Crippen LogP contribution in [0.3, 0.4) is 0 Å². The fourth-order valence-corrected chi connectivity index (χ4v) is 4.51. The molecular weight excluding hydrogens is 412 g/mol. The van der Waals surface area contributed by atoms with Crippen LogP contribution < -0.4 is 5.32 Å². The number of rotatable bonds is 4. The molecule has 1 unspecified atom stereocenters. The fourth-order valence-electron chi connectivity index (χ4n) is 4.51. The maximum atomic E-state index is 13.2. The van der Waals surface area contributed by atoms with Crippen molar-refractivity contribution in [3.05, 3.63) is 83.7 Å². The normalized spacial score (nSPS) is 16.0. The molecule has 1 aliphatic heterocycles. The van der Waals surface area contributed by atoms with Gasteiger partial charge in [-0.3, -0.25) is 19.6 Å². The van der Waals surface area contributed by atoms with Gasteiger partial charge in [0.25, 0.3) is 11.8 Å². The summed E-state index contributed by atoms with van der Waals surface area (Å²) in [6, 6.07) is 19.1. The van der Waals surface area contributed by atoms with E-state index in [1.54, 1.807) is 6.20 Å². The first-order valence-corrected chi connectivity index (χ1v) is 11.3. The standard InChI is InChI=1S/C27H26N4O2/c1-17(2)29-26(32)22-15-25(30-24-8-4-3-7-21(22)24)20-11-13-31(16-20)27(33)19-9-10-23-18(14-19)6-5-12-28-23/h3-10,12,14-15,17,20H,11,13,16H2,1-2H3,(H,29,32). The van der Waals surface area contributed by atoms with Crippen molar-refractivity contribution < 1.29 is 9.59 Å². The number of pyridine rings is 2. The predicted octanol–water partition coefficient (Wildman–Crippen LogP) is 4.55. The highest BCUT2D eigenvalue weighted by molar-refractivity contribution is 6.06. The molecule has 1 atom stereocenters. The van der Waals surface area contributed by atoms with Crippen molar-refractivity contribution in [2.45, 2.75) is 32.2 Å². The van der Waals surface area contributed by atoms with Gasteiger partial charge in [-0.2, -0.15) is 0 Å². The lowest BCUT2D eigenvalue weighted by molar-refractivity contribution is 0.0790. The average Bonchev–Trinajstić information content (AvgIpc) is 3.32. The Kier molecular flexibility index (Phi) is 5.50. The Hall–Kier alpha value is -3.80. The van der Waals surface area contributed by atoms with Crippen LogP contribution in [-0.2, 0) is 0 Å². The highest BCUT2D eigenvalue weighted by Crippen LogP contribution is 2.30. The van der Waals surface area contributed by atoms with Crippen LogP contribution in [0.2, 0.25) is 0 Å². The summed E-state index contributed by atoms with van der Waals surface area (Å²) in [5.41, 5.74) is 3.84. The third-order valence-corrected chi connectivity index (χ3v) is 6.14. The summed E-state index contributed by atoms with van der Waals surface area (Å²) >= 11 is 0. The molecule has 0 aliphatic carbocycles. The number of carbonyl (C=O) groups is 2. The van der Waals surface area contributed by atoms with Crippen molar-refractivity contribution >= 4 is 33.6 Å². The van der Waals surface area contributed by atoms with Crippen molar-refractivity contribution in [1.82, 2.24) is 20.2 Å². The molecule has 4 aromatic rings. The number of nitrogens with one attached hydrogen (secondary N) is 1. The molecule has 0 radical (unpaired) electrons. The van der Waals surface area contributed by atoms with Gasteiger partial charge in [0.2, 0.25) is 0 Å². The van der Waals surface area contributed by atoms with Crippen LogP contribution in [-0.4, -0.2) is 45.8 Å². The van der Waals surface area contributed by atoms with E-state index >= 15 is 0 Å². The zero-order valence-corrected chi connectivity index (χ0v) is 18.8. The fraction of sp³-hybridized carbons (Fsp3) is 0.259. The summed E-state index contributed by atoms with van der Waals surface area (Å²) in [5.74, 6) is 0.00801. The number of nitrogens with zero attached hydrogens (tertiary/aromatic N) is 3. The number of hydrogen-bond acceptors (Lipinski definition) is 4. The number of aromatic nitrogens is 2. The number of likely N-dealkylation sites (tertiary alicyclic amines) is 1. The Labute approximate surface area is 192 Å². The smallest absolute Gasteiger partial charge is 0.253 e. The number of amides is 2. The Balaban J connectivity index is 1.42. The lowest BCUT2D eigenvalue weighted by Gasteiger charge is -2.18. The van der Waals surface area contributed by atoms with Gasteiger partial charge >= 0.3 is 0 Å². The summed E-state index contributed by atoms with van der Waals surface area (Å²) in [6.07, 6.45) is 2.57. The molecule has 0 spiro atoms. The van der Waals surface area contributed by atoms with Gasteiger partial charge in [0, 0.05) is 53.3 Å². The maximum absolute atomic E-state index is 13.2. The Bertz CT molecular complexity index is 1360. The third kappa shape index (κ3) is 4.16. The molecule has 2 aromatic heterocycles. The van der Waals surface area contributed by atoms with Crippen molar-refractivity contribution in [2.75, 3.05) is 13.1 Å². The first-order valence-electron chi connectivity index (χ1n) is 11.3. The van der Waals surface area contributed by atoms with Crippen molar-refractivity contribution in [1.29, 1.82) is 0 Å². The Morgan fingerprint density at radius 2 is 1.88 bits per heavy atom. The Morgan fingerprint density at radius 3 is 2.73 bits per heavy atom. The van der Waals surface area contributed by atoms with E-state index in [1.807, 2.05) is 79.4 Å². The second-order valence-electron chi connectivity index (χ2n) is 8.89. The molecule has 2 aromatic carbocycles. The van der Waals surface area contributed by atoms with Crippen LogP contribution in [0.5, 0.6) is 0 Å². The van der Waals surface area contributed by atoms with E-state index in [4.69, 9.17) is 4.98 Å². The van der Waals surface area contributed by atoms with Crippen molar-refractivity contribution in [2.24, 2.45) is 0 Å². The topological polar surface area (TPSA) is 75.2 Å². The SMILES string of the molecule is CC(C)NC(=O)c1cc(C2CCN(C(=O)c3ccc4ncccc4c3)C2)nc2ccccc12. The molecule has 0 saturated carbocycles. The molecule has 166 valence electrons. The van der Waals surface area contributed by atoms with Gasteiger partial charge in [0.05, 0.1) is 16.6 Å². The van der Waals surface area contributed by atoms with E-state index in [0.29, 0.717) is 24.2 Å². The minimum absolute atomic E-state index is 0.0156. The molecule has 1 N–H and O–H groups in total. The van der Waals surface area contributed by atoms with E-state index in [-0.39, 0.29) is 23.8 Å². The van der Waals surface area contributed by atoms with Crippen LogP contribution in [0.15, 0.2) is 66.9 Å². The predicted molar refractivity (Wildman–Crippen MR) is 129 cm³/mol. The number of benzene rings is 2. The van der Waals surface area contributed by atoms with E-state index in [1.165, 1.54) is 0 Å². The molecule has 5 rings (SSSR count). The van der Waals surface area contributed by atoms with Gasteiger partial charge in [-0.25, -0.2) is 0 Å². The lowest BCUT2D eigenvalue weighted by Crippen LogP contribution is -2.30. The average molecular weight is 439 g/mol. The summed E-state index contributed by atoms with van der Waals surface area (Å²) in [4.78, 5) is 37.2. The zero-order chi connectivity index (χ0) is 22.9. The largest absolute Gasteiger partial charge is 0.350 e. The number of hydrogen-bond donors (Lipinski definition) is 1. The summed E-state index contributed by atoms with van der Waals surface area (Å²) < 4.78 is 0. The second-order valence-corrected chi connectivity index (χ2v) is 8.89. The van der Waals surface area contributed by atoms with Crippen LogP contribution in [0, 0.1) is 0 Å². The van der Waals surface area contributed by atoms with Gasteiger partial charge in [0.15, 0.2) is 0 Å². The number of carbonyl (C=O) groups excluding carboxylic acids is 2. The molecule has 1 saturated heterocycles. The minimum Gasteiger partial charge on any atom is -0.350 e. The second kappa shape index (κ2) is 8.62. The van der Waals surface area contributed by atoms with E-state index in [9.17, 15) is 9.59 Å². The minimum atomic E-state index is -0.0967. The van der Waals surface area contributed by atoms with Crippen LogP contribution in [0.4, 0.5) is 0 Å². The quantitative estimate of drug-likeness (QED) is 0.507. The number of para-hydroxylation sites is 1. The molecule has 6 nitrogen and oxygen atoms in total. The van der Waals surface area contributed by atoms with Crippen LogP contribution in [0.25, 0.3) is 21.8 Å². The van der Waals surface area contributed by atoms with Gasteiger partial charge in [-0.15, -0.1) is 0 Å². The summed E-state index contributed by atoms with van der Waals surface area (Å²) in [5, 5.41) is 4.79. The summed E-state index contributed by atoms with van der Waals surface area (Å²) in [6.45, 7) is 5.15. The molecule has 1 fully saturated rings. The van der Waals surface area contributed by atoms with E-state index in [2.05, 4.69) is 10.3 Å². The monoisotopic (exact) mass is 438 g/mol. The highest BCUT2D eigenvalue weighted by Gasteiger charge is 2.30. The maximum Gasteiger partial charge on any atom is 0.253 e. The van der Waals surface area contributed by atoms with Gasteiger partial charge < -0.3 is 10.2 Å². The molecule has 6 heteroatoms. The highest BCUT2D eigenvalue weighted by atomic mass is 16.2. The molecule has 1 aliphatic rings. The Morgan fingerprint density at radius 1 is 1.03 bits per heavy atom. The molecule has 3 heterocycles. The van der Waals surface area contributed by atoms with Crippen LogP contribution in [0.1, 0.15) is 52.6 Å². The molecule has 0 bridgehead atoms. The van der Waals surface area contributed by atoms with Gasteiger partial charge in [0.1, 0.15) is 0 Å². The first-order chi connectivity index (χ1) is 16.0. The lowest BCUT2D eigenvalue weighted by atomic mass is 9.99. The summed E-state index contributed by atoms with van der Waals surface area (Å²) in [7, 11) is 0. The third-order valence-electron chi connectivity index (χ3n) is 6.14. The first kappa shape index (κ1) is 21.1. The zero-order valence-electron chi connectivity index (χ0n) is 18.8. The number of fused-ring (bicyclic) bond motifs is 2. The van der Waals surface area contributed by atoms with E-state index < -0.39 is 0 Å². The molecule has 33 heavy (non-hydrogen) atoms. The molecular formula is C27H26N4O2. The van der Waals surface area contributed by atoms with Gasteiger partial charge in [-0.05, 0) is 56.7 Å².